The third kappa shape index (κ3) is 7.17. The van der Waals surface area contributed by atoms with E-state index in [4.69, 9.17) is 4.74 Å². The Kier molecular flexibility index (Phi) is 8.98. The van der Waals surface area contributed by atoms with Crippen LogP contribution in [0.2, 0.25) is 0 Å². The topological polar surface area (TPSA) is 108 Å². The highest BCUT2D eigenvalue weighted by Crippen LogP contribution is 2.24. The van der Waals surface area contributed by atoms with Crippen molar-refractivity contribution < 1.29 is 32.7 Å². The van der Waals surface area contributed by atoms with E-state index >= 15 is 0 Å². The van der Waals surface area contributed by atoms with Gasteiger partial charge in [0.2, 0.25) is 5.91 Å². The molecule has 2 N–H and O–H groups in total. The van der Waals surface area contributed by atoms with Crippen LogP contribution in [-0.4, -0.2) is 78.3 Å². The number of halogens is 2. The van der Waals surface area contributed by atoms with E-state index in [1.807, 2.05) is 6.07 Å². The van der Waals surface area contributed by atoms with Gasteiger partial charge in [0.05, 0.1) is 6.04 Å². The van der Waals surface area contributed by atoms with Crippen molar-refractivity contribution >= 4 is 23.6 Å². The molecule has 2 unspecified atom stereocenters. The fourth-order valence-electron chi connectivity index (χ4n) is 5.46. The number of carbonyl (C=O) groups excluding carboxylic acids is 4. The molecule has 2 aliphatic heterocycles. The van der Waals surface area contributed by atoms with Crippen LogP contribution in [0.3, 0.4) is 0 Å². The average molecular weight is 591 g/mol. The van der Waals surface area contributed by atoms with E-state index < -0.39 is 41.6 Å². The predicted octanol–water partition coefficient (Wildman–Crippen LogP) is 3.41. The van der Waals surface area contributed by atoms with Crippen LogP contribution in [-0.2, 0) is 4.79 Å². The maximum Gasteiger partial charge on any atom is 0.253 e. The van der Waals surface area contributed by atoms with Gasteiger partial charge in [-0.25, -0.2) is 8.78 Å². The van der Waals surface area contributed by atoms with Gasteiger partial charge in [-0.05, 0) is 61.7 Å². The number of nitrogens with one attached hydrogen (secondary N) is 2. The van der Waals surface area contributed by atoms with Gasteiger partial charge < -0.3 is 25.2 Å². The van der Waals surface area contributed by atoms with E-state index in [0.29, 0.717) is 35.8 Å². The minimum Gasteiger partial charge on any atom is -0.491 e. The number of benzene rings is 3. The lowest BCUT2D eigenvalue weighted by atomic mass is 10.1. The standard InChI is InChI=1S/C32H32F2N4O5/c1-37-12-6-11-28(36-30(40)22-13-23(33)16-24(34)14-22)32(42)38-18-25(35-29(39)20-7-3-2-4-8-20)17-26(38)19-43-27-10-5-9-21(15-27)31(37)41/h2-5,7-10,13-16,25-26,28H,6,11-12,17-19H2,1H3,(H,35,39)(H,36,40)/t25?,26-,28?/m0/s1. The Hall–Kier alpha value is -4.80. The van der Waals surface area contributed by atoms with Crippen molar-refractivity contribution in [1.82, 2.24) is 20.4 Å². The summed E-state index contributed by atoms with van der Waals surface area (Å²) in [6.07, 6.45) is 0.909. The minimum atomic E-state index is -1.06. The van der Waals surface area contributed by atoms with E-state index in [1.54, 1.807) is 60.5 Å². The van der Waals surface area contributed by atoms with Gasteiger partial charge >= 0.3 is 0 Å². The second kappa shape index (κ2) is 13.0. The zero-order chi connectivity index (χ0) is 30.5. The number of rotatable bonds is 4. The molecule has 3 aromatic carbocycles. The molecular weight excluding hydrogens is 558 g/mol. The summed E-state index contributed by atoms with van der Waals surface area (Å²) in [5, 5.41) is 5.64. The summed E-state index contributed by atoms with van der Waals surface area (Å²) in [5.41, 5.74) is 0.670. The quantitative estimate of drug-likeness (QED) is 0.485. The molecule has 2 heterocycles. The van der Waals surface area contributed by atoms with Crippen LogP contribution >= 0.6 is 0 Å². The maximum atomic E-state index is 14.0. The van der Waals surface area contributed by atoms with Crippen LogP contribution in [0, 0.1) is 11.6 Å². The highest BCUT2D eigenvalue weighted by molar-refractivity contribution is 5.98. The molecule has 1 fully saturated rings. The summed E-state index contributed by atoms with van der Waals surface area (Å²) in [5.74, 6) is -3.11. The number of hydrogen-bond donors (Lipinski definition) is 2. The summed E-state index contributed by atoms with van der Waals surface area (Å²) in [6.45, 7) is 0.537. The molecule has 0 aromatic heterocycles. The van der Waals surface area contributed by atoms with Gasteiger partial charge in [-0.1, -0.05) is 24.3 Å². The zero-order valence-electron chi connectivity index (χ0n) is 23.6. The van der Waals surface area contributed by atoms with Crippen molar-refractivity contribution in [3.8, 4) is 5.75 Å². The molecule has 4 amide bonds. The second-order valence-electron chi connectivity index (χ2n) is 10.8. The first-order valence-corrected chi connectivity index (χ1v) is 14.1. The Morgan fingerprint density at radius 3 is 2.35 bits per heavy atom. The highest BCUT2D eigenvalue weighted by Gasteiger charge is 2.39. The summed E-state index contributed by atoms with van der Waals surface area (Å²) < 4.78 is 33.7. The average Bonchev–Trinajstić information content (AvgIpc) is 3.40. The normalized spacial score (nSPS) is 21.0. The third-order valence-electron chi connectivity index (χ3n) is 7.65. The number of carbonyl (C=O) groups is 4. The number of amides is 4. The molecule has 9 nitrogen and oxygen atoms in total. The number of fused-ring (bicyclic) bond motifs is 3. The molecule has 43 heavy (non-hydrogen) atoms. The lowest BCUT2D eigenvalue weighted by Crippen LogP contribution is -2.52. The fourth-order valence-corrected chi connectivity index (χ4v) is 5.46. The first-order valence-electron chi connectivity index (χ1n) is 14.1. The zero-order valence-corrected chi connectivity index (χ0v) is 23.6. The summed E-state index contributed by atoms with van der Waals surface area (Å²) in [7, 11) is 1.64. The van der Waals surface area contributed by atoms with Crippen molar-refractivity contribution in [2.45, 2.75) is 37.4 Å². The molecule has 0 radical (unpaired) electrons. The molecule has 3 atom stereocenters. The van der Waals surface area contributed by atoms with Crippen LogP contribution in [0.25, 0.3) is 0 Å². The van der Waals surface area contributed by atoms with Gasteiger partial charge in [0.25, 0.3) is 17.7 Å². The van der Waals surface area contributed by atoms with Crippen LogP contribution in [0.5, 0.6) is 5.75 Å². The molecule has 5 rings (SSSR count). The first-order chi connectivity index (χ1) is 20.7. The molecule has 0 aliphatic carbocycles. The van der Waals surface area contributed by atoms with E-state index in [-0.39, 0.29) is 43.5 Å². The van der Waals surface area contributed by atoms with Crippen LogP contribution in [0.4, 0.5) is 8.78 Å². The second-order valence-corrected chi connectivity index (χ2v) is 10.8. The fraction of sp³-hybridized carbons (Fsp3) is 0.312. The number of nitrogens with zero attached hydrogens (tertiary/aromatic N) is 2. The molecule has 0 saturated carbocycles. The van der Waals surface area contributed by atoms with Gasteiger partial charge in [-0.2, -0.15) is 0 Å². The number of hydrogen-bond acceptors (Lipinski definition) is 5. The van der Waals surface area contributed by atoms with E-state index in [0.717, 1.165) is 12.1 Å². The van der Waals surface area contributed by atoms with Crippen LogP contribution < -0.4 is 15.4 Å². The lowest BCUT2D eigenvalue weighted by Gasteiger charge is -2.30. The minimum absolute atomic E-state index is 0.0761. The van der Waals surface area contributed by atoms with Crippen molar-refractivity contribution in [2.24, 2.45) is 0 Å². The largest absolute Gasteiger partial charge is 0.491 e. The molecule has 2 bridgehead atoms. The Morgan fingerprint density at radius 2 is 1.60 bits per heavy atom. The maximum absolute atomic E-state index is 14.0. The smallest absolute Gasteiger partial charge is 0.253 e. The monoisotopic (exact) mass is 590 g/mol. The summed E-state index contributed by atoms with van der Waals surface area (Å²) in [4.78, 5) is 56.1. The Labute approximate surface area is 247 Å². The first kappa shape index (κ1) is 29.7. The van der Waals surface area contributed by atoms with Crippen molar-refractivity contribution in [2.75, 3.05) is 26.7 Å². The van der Waals surface area contributed by atoms with Crippen molar-refractivity contribution in [1.29, 1.82) is 0 Å². The van der Waals surface area contributed by atoms with E-state index in [1.165, 1.54) is 4.90 Å². The third-order valence-corrected chi connectivity index (χ3v) is 7.65. The van der Waals surface area contributed by atoms with Crippen molar-refractivity contribution in [3.05, 3.63) is 101 Å². The molecule has 11 heteroatoms. The molecule has 0 spiro atoms. The van der Waals surface area contributed by atoms with Gasteiger partial charge in [0.1, 0.15) is 30.0 Å². The Morgan fingerprint density at radius 1 is 0.884 bits per heavy atom. The molecular formula is C32H32F2N4O5. The van der Waals surface area contributed by atoms with Gasteiger partial charge in [-0.15, -0.1) is 0 Å². The molecule has 224 valence electrons. The van der Waals surface area contributed by atoms with Gasteiger partial charge in [-0.3, -0.25) is 19.2 Å². The number of ether oxygens (including phenoxy) is 1. The molecule has 1 saturated heterocycles. The van der Waals surface area contributed by atoms with E-state index in [9.17, 15) is 28.0 Å². The Balaban J connectivity index is 1.41. The Bertz CT molecular complexity index is 1500. The van der Waals surface area contributed by atoms with Crippen LogP contribution in [0.15, 0.2) is 72.8 Å². The van der Waals surface area contributed by atoms with Gasteiger partial charge in [0.15, 0.2) is 0 Å². The van der Waals surface area contributed by atoms with E-state index in [2.05, 4.69) is 10.6 Å². The highest BCUT2D eigenvalue weighted by atomic mass is 19.1. The van der Waals surface area contributed by atoms with Gasteiger partial charge in [0, 0.05) is 48.9 Å². The lowest BCUT2D eigenvalue weighted by molar-refractivity contribution is -0.134. The van der Waals surface area contributed by atoms with Crippen molar-refractivity contribution in [3.63, 3.8) is 0 Å². The molecule has 3 aromatic rings. The summed E-state index contributed by atoms with van der Waals surface area (Å²) >= 11 is 0. The van der Waals surface area contributed by atoms with Crippen LogP contribution in [0.1, 0.15) is 50.3 Å². The SMILES string of the molecule is CN1CCCC(NC(=O)c2cc(F)cc(F)c2)C(=O)N2CC(NC(=O)c3ccccc3)C[C@H]2COc2cccc(c2)C1=O. The summed E-state index contributed by atoms with van der Waals surface area (Å²) in [6, 6.07) is 16.0. The molecule has 2 aliphatic rings. The predicted molar refractivity (Wildman–Crippen MR) is 154 cm³/mol.